The monoisotopic (exact) mass is 509 g/mol. The van der Waals surface area contributed by atoms with Gasteiger partial charge in [-0.3, -0.25) is 15.0 Å². The highest BCUT2D eigenvalue weighted by Gasteiger charge is 2.19. The first kappa shape index (κ1) is 34.2. The molecule has 0 radical (unpaired) electrons. The van der Waals surface area contributed by atoms with Crippen molar-refractivity contribution in [1.29, 1.82) is 5.41 Å². The van der Waals surface area contributed by atoms with Crippen LogP contribution in [0.15, 0.2) is 0 Å². The summed E-state index contributed by atoms with van der Waals surface area (Å²) in [6.07, 6.45) is 23.8. The molecule has 0 aliphatic heterocycles. The maximum absolute atomic E-state index is 12.8. The molecule has 0 aromatic carbocycles. The van der Waals surface area contributed by atoms with Crippen molar-refractivity contribution in [3.05, 3.63) is 0 Å². The zero-order chi connectivity index (χ0) is 26.7. The third-order valence-electron chi connectivity index (χ3n) is 6.72. The minimum Gasteiger partial charge on any atom is -0.370 e. The summed E-state index contributed by atoms with van der Waals surface area (Å²) in [6.45, 7) is 5.65. The molecule has 0 heterocycles. The Hall–Kier alpha value is -1.79. The average Bonchev–Trinajstić information content (AvgIpc) is 2.85. The first-order valence-corrected chi connectivity index (χ1v) is 15.2. The fourth-order valence-corrected chi connectivity index (χ4v) is 4.43. The number of hydrogen-bond acceptors (Lipinski definition) is 3. The second-order valence-electron chi connectivity index (χ2n) is 10.3. The van der Waals surface area contributed by atoms with Crippen molar-refractivity contribution in [1.82, 2.24) is 16.0 Å². The van der Waals surface area contributed by atoms with Crippen molar-refractivity contribution < 1.29 is 9.59 Å². The second kappa shape index (κ2) is 26.3. The number of amides is 2. The van der Waals surface area contributed by atoms with E-state index in [4.69, 9.17) is 11.1 Å². The summed E-state index contributed by atoms with van der Waals surface area (Å²) in [5.41, 5.74) is 5.34. The van der Waals surface area contributed by atoms with Gasteiger partial charge in [-0.2, -0.15) is 0 Å². The van der Waals surface area contributed by atoms with Gasteiger partial charge in [-0.15, -0.1) is 0 Å². The van der Waals surface area contributed by atoms with Gasteiger partial charge < -0.3 is 21.7 Å². The highest BCUT2D eigenvalue weighted by Crippen LogP contribution is 2.11. The Morgan fingerprint density at radius 2 is 1.08 bits per heavy atom. The molecule has 1 atom stereocenters. The van der Waals surface area contributed by atoms with Gasteiger partial charge in [-0.1, -0.05) is 117 Å². The SMILES string of the molecule is CCCCCCCCCCCNC(=O)C(CCCNC(=N)N)NC(=O)CCCCCCCCCCC. The van der Waals surface area contributed by atoms with E-state index in [2.05, 4.69) is 29.8 Å². The predicted octanol–water partition coefficient (Wildman–Crippen LogP) is 6.30. The van der Waals surface area contributed by atoms with Gasteiger partial charge in [0.1, 0.15) is 6.04 Å². The van der Waals surface area contributed by atoms with E-state index >= 15 is 0 Å². The van der Waals surface area contributed by atoms with Crippen LogP contribution in [0.4, 0.5) is 0 Å². The normalized spacial score (nSPS) is 11.7. The molecule has 1 unspecified atom stereocenters. The molecule has 7 nitrogen and oxygen atoms in total. The lowest BCUT2D eigenvalue weighted by atomic mass is 10.1. The quantitative estimate of drug-likeness (QED) is 0.0533. The summed E-state index contributed by atoms with van der Waals surface area (Å²) in [5, 5.41) is 16.0. The molecule has 0 rings (SSSR count). The van der Waals surface area contributed by atoms with Crippen molar-refractivity contribution in [3.8, 4) is 0 Å². The first-order chi connectivity index (χ1) is 17.5. The largest absolute Gasteiger partial charge is 0.370 e. The number of nitrogens with one attached hydrogen (secondary N) is 4. The van der Waals surface area contributed by atoms with Crippen LogP contribution in [0.5, 0.6) is 0 Å². The standard InChI is InChI=1S/C29H59N5O2/c1-3-5-7-9-11-13-15-17-19-23-27(35)34-26(22-21-25-33-29(30)31)28(36)32-24-20-18-16-14-12-10-8-6-4-2/h26H,3-25H2,1-2H3,(H,32,36)(H,34,35)(H4,30,31,33). The molecule has 0 fully saturated rings. The first-order valence-electron chi connectivity index (χ1n) is 15.2. The van der Waals surface area contributed by atoms with Crippen LogP contribution in [-0.4, -0.2) is 36.9 Å². The van der Waals surface area contributed by atoms with Gasteiger partial charge in [0.15, 0.2) is 5.96 Å². The fourth-order valence-electron chi connectivity index (χ4n) is 4.43. The summed E-state index contributed by atoms with van der Waals surface area (Å²) in [5.74, 6) is -0.214. The molecule has 6 N–H and O–H groups in total. The maximum Gasteiger partial charge on any atom is 0.242 e. The Balaban J connectivity index is 4.14. The van der Waals surface area contributed by atoms with Gasteiger partial charge in [0.05, 0.1) is 0 Å². The molecule has 2 amide bonds. The highest BCUT2D eigenvalue weighted by atomic mass is 16.2. The third kappa shape index (κ3) is 23.9. The Morgan fingerprint density at radius 1 is 0.639 bits per heavy atom. The molecule has 0 aromatic rings. The van der Waals surface area contributed by atoms with E-state index in [0.29, 0.717) is 32.4 Å². The number of hydrogen-bond donors (Lipinski definition) is 5. The summed E-state index contributed by atoms with van der Waals surface area (Å²) in [4.78, 5) is 25.2. The lowest BCUT2D eigenvalue weighted by molar-refractivity contribution is -0.129. The molecular weight excluding hydrogens is 450 g/mol. The van der Waals surface area contributed by atoms with Gasteiger partial charge in [0, 0.05) is 19.5 Å². The molecule has 0 spiro atoms. The molecule has 7 heteroatoms. The third-order valence-corrected chi connectivity index (χ3v) is 6.72. The molecule has 0 bridgehead atoms. The minimum atomic E-state index is -0.525. The van der Waals surface area contributed by atoms with E-state index in [1.165, 1.54) is 89.9 Å². The number of unbranched alkanes of at least 4 members (excludes halogenated alkanes) is 16. The number of carbonyl (C=O) groups excluding carboxylic acids is 2. The van der Waals surface area contributed by atoms with Crippen molar-refractivity contribution in [2.24, 2.45) is 5.73 Å². The highest BCUT2D eigenvalue weighted by molar-refractivity contribution is 5.87. The van der Waals surface area contributed by atoms with Crippen LogP contribution in [0.1, 0.15) is 149 Å². The van der Waals surface area contributed by atoms with Crippen LogP contribution in [0.3, 0.4) is 0 Å². The van der Waals surface area contributed by atoms with Crippen molar-refractivity contribution >= 4 is 17.8 Å². The topological polar surface area (TPSA) is 120 Å². The number of guanidine groups is 1. The van der Waals surface area contributed by atoms with E-state index in [1.807, 2.05) is 0 Å². The van der Waals surface area contributed by atoms with Crippen LogP contribution in [0.2, 0.25) is 0 Å². The molecular formula is C29H59N5O2. The minimum absolute atomic E-state index is 0.0410. The molecule has 212 valence electrons. The van der Waals surface area contributed by atoms with Crippen molar-refractivity contribution in [2.45, 2.75) is 155 Å². The van der Waals surface area contributed by atoms with E-state index in [0.717, 1.165) is 25.7 Å². The van der Waals surface area contributed by atoms with Crippen LogP contribution in [-0.2, 0) is 9.59 Å². The Morgan fingerprint density at radius 3 is 1.58 bits per heavy atom. The summed E-state index contributed by atoms with van der Waals surface area (Å²) < 4.78 is 0. The Kier molecular flexibility index (Phi) is 25.0. The van der Waals surface area contributed by atoms with E-state index in [9.17, 15) is 9.59 Å². The van der Waals surface area contributed by atoms with Crippen LogP contribution >= 0.6 is 0 Å². The lowest BCUT2D eigenvalue weighted by Crippen LogP contribution is -2.47. The summed E-state index contributed by atoms with van der Waals surface area (Å²) >= 11 is 0. The van der Waals surface area contributed by atoms with Gasteiger partial charge in [-0.25, -0.2) is 0 Å². The van der Waals surface area contributed by atoms with Gasteiger partial charge in [-0.05, 0) is 25.7 Å². The smallest absolute Gasteiger partial charge is 0.242 e. The van der Waals surface area contributed by atoms with Crippen LogP contribution in [0, 0.1) is 5.41 Å². The van der Waals surface area contributed by atoms with Gasteiger partial charge >= 0.3 is 0 Å². The Labute approximate surface area is 222 Å². The molecule has 0 aliphatic rings. The van der Waals surface area contributed by atoms with Crippen LogP contribution in [0.25, 0.3) is 0 Å². The van der Waals surface area contributed by atoms with Gasteiger partial charge in [0.25, 0.3) is 0 Å². The van der Waals surface area contributed by atoms with E-state index in [1.54, 1.807) is 0 Å². The van der Waals surface area contributed by atoms with Gasteiger partial charge in [0.2, 0.25) is 11.8 Å². The molecule has 0 saturated carbocycles. The molecule has 0 aromatic heterocycles. The maximum atomic E-state index is 12.8. The van der Waals surface area contributed by atoms with Crippen LogP contribution < -0.4 is 21.7 Å². The summed E-state index contributed by atoms with van der Waals surface area (Å²) in [6, 6.07) is -0.525. The fraction of sp³-hybridized carbons (Fsp3) is 0.897. The molecule has 36 heavy (non-hydrogen) atoms. The van der Waals surface area contributed by atoms with E-state index < -0.39 is 6.04 Å². The molecule has 0 saturated heterocycles. The average molecular weight is 510 g/mol. The lowest BCUT2D eigenvalue weighted by Gasteiger charge is -2.19. The van der Waals surface area contributed by atoms with Crippen molar-refractivity contribution in [3.63, 3.8) is 0 Å². The number of carbonyl (C=O) groups is 2. The summed E-state index contributed by atoms with van der Waals surface area (Å²) in [7, 11) is 0. The Bertz CT molecular complexity index is 542. The van der Waals surface area contributed by atoms with E-state index in [-0.39, 0.29) is 17.8 Å². The zero-order valence-electron chi connectivity index (χ0n) is 23.7. The molecule has 0 aliphatic carbocycles. The number of rotatable bonds is 26. The zero-order valence-corrected chi connectivity index (χ0v) is 23.7. The second-order valence-corrected chi connectivity index (χ2v) is 10.3. The predicted molar refractivity (Wildman–Crippen MR) is 153 cm³/mol. The van der Waals surface area contributed by atoms with Crippen molar-refractivity contribution in [2.75, 3.05) is 13.1 Å². The number of nitrogens with two attached hydrogens (primary N) is 1.